The van der Waals surface area contributed by atoms with Crippen molar-refractivity contribution in [2.45, 2.75) is 27.2 Å². The first-order valence-electron chi connectivity index (χ1n) is 5.29. The Kier molecular flexibility index (Phi) is 4.03. The van der Waals surface area contributed by atoms with Gasteiger partial charge in [0.15, 0.2) is 0 Å². The second-order valence-corrected chi connectivity index (χ2v) is 2.88. The quantitative estimate of drug-likeness (QED) is 0.775. The van der Waals surface area contributed by atoms with Crippen LogP contribution in [0.2, 0.25) is 0 Å². The van der Waals surface area contributed by atoms with E-state index in [2.05, 4.69) is 9.97 Å². The van der Waals surface area contributed by atoms with Crippen molar-refractivity contribution in [1.82, 2.24) is 9.97 Å². The van der Waals surface area contributed by atoms with Gasteiger partial charge in [0.25, 0.3) is 5.56 Å². The predicted molar refractivity (Wildman–Crippen MR) is 63.1 cm³/mol. The SMILES string of the molecule is CC.CCc1nc2ccccc2c(=O)[nH]1. The van der Waals surface area contributed by atoms with E-state index in [1.165, 1.54) is 0 Å². The Labute approximate surface area is 89.2 Å². The van der Waals surface area contributed by atoms with Crippen LogP contribution in [0.3, 0.4) is 0 Å². The number of rotatable bonds is 1. The molecular weight excluding hydrogens is 188 g/mol. The van der Waals surface area contributed by atoms with Crippen LogP contribution in [0.5, 0.6) is 0 Å². The van der Waals surface area contributed by atoms with Crippen LogP contribution in [-0.4, -0.2) is 9.97 Å². The summed E-state index contributed by atoms with van der Waals surface area (Å²) >= 11 is 0. The topological polar surface area (TPSA) is 45.8 Å². The molecule has 1 aromatic heterocycles. The lowest BCUT2D eigenvalue weighted by atomic mass is 10.2. The van der Waals surface area contributed by atoms with Crippen molar-refractivity contribution >= 4 is 10.9 Å². The van der Waals surface area contributed by atoms with E-state index in [1.807, 2.05) is 39.0 Å². The van der Waals surface area contributed by atoms with Gasteiger partial charge < -0.3 is 4.98 Å². The molecule has 0 saturated heterocycles. The fraction of sp³-hybridized carbons (Fsp3) is 0.333. The lowest BCUT2D eigenvalue weighted by molar-refractivity contribution is 0.944. The maximum atomic E-state index is 11.5. The highest BCUT2D eigenvalue weighted by molar-refractivity contribution is 5.77. The van der Waals surface area contributed by atoms with Gasteiger partial charge in [-0.2, -0.15) is 0 Å². The van der Waals surface area contributed by atoms with E-state index in [0.29, 0.717) is 5.39 Å². The molecule has 0 aliphatic rings. The minimum absolute atomic E-state index is 0.0533. The molecule has 0 amide bonds. The second-order valence-electron chi connectivity index (χ2n) is 2.88. The summed E-state index contributed by atoms with van der Waals surface area (Å²) in [6.07, 6.45) is 0.750. The molecule has 2 rings (SSSR count). The number of hydrogen-bond donors (Lipinski definition) is 1. The molecule has 1 heterocycles. The second kappa shape index (κ2) is 5.29. The highest BCUT2D eigenvalue weighted by atomic mass is 16.1. The van der Waals surface area contributed by atoms with Crippen molar-refractivity contribution in [1.29, 1.82) is 0 Å². The zero-order valence-electron chi connectivity index (χ0n) is 9.37. The molecule has 80 valence electrons. The Balaban J connectivity index is 0.000000531. The normalized spacial score (nSPS) is 9.53. The van der Waals surface area contributed by atoms with Crippen molar-refractivity contribution in [2.24, 2.45) is 0 Å². The number of nitrogens with zero attached hydrogens (tertiary/aromatic N) is 1. The highest BCUT2D eigenvalue weighted by Crippen LogP contribution is 2.05. The monoisotopic (exact) mass is 204 g/mol. The van der Waals surface area contributed by atoms with Crippen molar-refractivity contribution in [3.63, 3.8) is 0 Å². The van der Waals surface area contributed by atoms with E-state index in [4.69, 9.17) is 0 Å². The van der Waals surface area contributed by atoms with Crippen molar-refractivity contribution in [2.75, 3.05) is 0 Å². The summed E-state index contributed by atoms with van der Waals surface area (Å²) in [6.45, 7) is 5.97. The van der Waals surface area contributed by atoms with Crippen LogP contribution >= 0.6 is 0 Å². The number of hydrogen-bond acceptors (Lipinski definition) is 2. The Bertz CT molecular complexity index is 488. The summed E-state index contributed by atoms with van der Waals surface area (Å²) in [5, 5.41) is 0.653. The average molecular weight is 204 g/mol. The van der Waals surface area contributed by atoms with Crippen LogP contribution < -0.4 is 5.56 Å². The lowest BCUT2D eigenvalue weighted by Crippen LogP contribution is -2.10. The van der Waals surface area contributed by atoms with E-state index in [1.54, 1.807) is 6.07 Å². The first kappa shape index (κ1) is 11.4. The van der Waals surface area contributed by atoms with E-state index in [-0.39, 0.29) is 5.56 Å². The molecule has 0 unspecified atom stereocenters. The Hall–Kier alpha value is -1.64. The zero-order valence-corrected chi connectivity index (χ0v) is 9.37. The largest absolute Gasteiger partial charge is 0.310 e. The molecule has 0 spiro atoms. The standard InChI is InChI=1S/C10H10N2O.C2H6/c1-2-9-11-8-6-4-3-5-7(8)10(13)12-9;1-2/h3-6H,2H2,1H3,(H,11,12,13);1-2H3. The van der Waals surface area contributed by atoms with Gasteiger partial charge in [-0.3, -0.25) is 4.79 Å². The molecule has 15 heavy (non-hydrogen) atoms. The van der Waals surface area contributed by atoms with E-state index in [0.717, 1.165) is 17.8 Å². The minimum Gasteiger partial charge on any atom is -0.310 e. The van der Waals surface area contributed by atoms with Crippen LogP contribution in [-0.2, 0) is 6.42 Å². The van der Waals surface area contributed by atoms with Gasteiger partial charge in [0.1, 0.15) is 5.82 Å². The number of fused-ring (bicyclic) bond motifs is 1. The number of H-pyrrole nitrogens is 1. The summed E-state index contributed by atoms with van der Waals surface area (Å²) in [5.41, 5.74) is 0.713. The van der Waals surface area contributed by atoms with Gasteiger partial charge in [-0.25, -0.2) is 4.98 Å². The van der Waals surface area contributed by atoms with Crippen LogP contribution in [0.15, 0.2) is 29.1 Å². The molecule has 1 aromatic carbocycles. The molecular formula is C12H16N2O. The number of aromatic nitrogens is 2. The molecule has 0 fully saturated rings. The molecule has 0 saturated carbocycles. The average Bonchev–Trinajstić information content (AvgIpc) is 2.31. The lowest BCUT2D eigenvalue weighted by Gasteiger charge is -1.98. The number of para-hydroxylation sites is 1. The first-order valence-corrected chi connectivity index (χ1v) is 5.29. The Morgan fingerprint density at radius 2 is 1.93 bits per heavy atom. The zero-order chi connectivity index (χ0) is 11.3. The third kappa shape index (κ3) is 2.43. The van der Waals surface area contributed by atoms with E-state index < -0.39 is 0 Å². The summed E-state index contributed by atoms with van der Waals surface area (Å²) in [6, 6.07) is 7.35. The van der Waals surface area contributed by atoms with Crippen molar-refractivity contribution in [3.05, 3.63) is 40.4 Å². The smallest absolute Gasteiger partial charge is 0.258 e. The third-order valence-electron chi connectivity index (χ3n) is 2.00. The van der Waals surface area contributed by atoms with Gasteiger partial charge in [-0.15, -0.1) is 0 Å². The predicted octanol–water partition coefficient (Wildman–Crippen LogP) is 2.51. The van der Waals surface area contributed by atoms with Gasteiger partial charge in [0.05, 0.1) is 10.9 Å². The van der Waals surface area contributed by atoms with Crippen LogP contribution in [0.4, 0.5) is 0 Å². The van der Waals surface area contributed by atoms with Crippen molar-refractivity contribution < 1.29 is 0 Å². The highest BCUT2D eigenvalue weighted by Gasteiger charge is 1.99. The van der Waals surface area contributed by atoms with Crippen LogP contribution in [0.25, 0.3) is 10.9 Å². The summed E-state index contributed by atoms with van der Waals surface area (Å²) in [7, 11) is 0. The molecule has 0 bridgehead atoms. The fourth-order valence-electron chi connectivity index (χ4n) is 1.30. The molecule has 1 N–H and O–H groups in total. The first-order chi connectivity index (χ1) is 7.31. The fourth-order valence-corrected chi connectivity index (χ4v) is 1.30. The summed E-state index contributed by atoms with van der Waals surface area (Å²) < 4.78 is 0. The van der Waals surface area contributed by atoms with E-state index in [9.17, 15) is 4.79 Å². The van der Waals surface area contributed by atoms with Gasteiger partial charge in [-0.1, -0.05) is 32.9 Å². The maximum Gasteiger partial charge on any atom is 0.258 e. The number of aryl methyl sites for hydroxylation is 1. The Morgan fingerprint density at radius 1 is 1.27 bits per heavy atom. The van der Waals surface area contributed by atoms with Crippen LogP contribution in [0.1, 0.15) is 26.6 Å². The summed E-state index contributed by atoms with van der Waals surface area (Å²) in [5.74, 6) is 0.740. The number of nitrogens with one attached hydrogen (secondary N) is 1. The maximum absolute atomic E-state index is 11.5. The molecule has 0 atom stereocenters. The van der Waals surface area contributed by atoms with Gasteiger partial charge in [-0.05, 0) is 12.1 Å². The number of benzene rings is 1. The molecule has 3 nitrogen and oxygen atoms in total. The number of aromatic amines is 1. The van der Waals surface area contributed by atoms with E-state index >= 15 is 0 Å². The molecule has 3 heteroatoms. The third-order valence-corrected chi connectivity index (χ3v) is 2.00. The molecule has 2 aromatic rings. The van der Waals surface area contributed by atoms with Gasteiger partial charge in [0, 0.05) is 6.42 Å². The minimum atomic E-state index is -0.0533. The molecule has 0 radical (unpaired) electrons. The molecule has 0 aliphatic carbocycles. The summed E-state index contributed by atoms with van der Waals surface area (Å²) in [4.78, 5) is 18.5. The Morgan fingerprint density at radius 3 is 2.60 bits per heavy atom. The van der Waals surface area contributed by atoms with Crippen molar-refractivity contribution in [3.8, 4) is 0 Å². The van der Waals surface area contributed by atoms with Gasteiger partial charge >= 0.3 is 0 Å². The van der Waals surface area contributed by atoms with Crippen LogP contribution in [0, 0.1) is 0 Å². The molecule has 0 aliphatic heterocycles. The van der Waals surface area contributed by atoms with Gasteiger partial charge in [0.2, 0.25) is 0 Å².